The number of tetrazole rings is 2. The van der Waals surface area contributed by atoms with Gasteiger partial charge >= 0.3 is 11.9 Å². The fourth-order valence-corrected chi connectivity index (χ4v) is 10.6. The van der Waals surface area contributed by atoms with Gasteiger partial charge in [-0.25, -0.2) is 19.6 Å². The fourth-order valence-electron chi connectivity index (χ4n) is 6.79. The maximum Gasteiger partial charge on any atom is 0.358 e. The molecule has 4 atom stereocenters. The summed E-state index contributed by atoms with van der Waals surface area (Å²) < 4.78 is 11.0. The summed E-state index contributed by atoms with van der Waals surface area (Å²) in [6, 6.07) is -2.23. The Labute approximate surface area is 381 Å². The number of nitrogens with two attached hydrogens (primary N) is 2. The number of amides is 4. The zero-order valence-electron chi connectivity index (χ0n) is 34.1. The van der Waals surface area contributed by atoms with Gasteiger partial charge in [-0.1, -0.05) is 10.3 Å². The molecule has 8 rings (SSSR count). The van der Waals surface area contributed by atoms with Gasteiger partial charge in [0.2, 0.25) is 6.79 Å². The van der Waals surface area contributed by atoms with Crippen LogP contribution in [0.4, 0.5) is 10.3 Å². The first kappa shape index (κ1) is 44.5. The van der Waals surface area contributed by atoms with Gasteiger partial charge in [0.05, 0.1) is 13.1 Å². The van der Waals surface area contributed by atoms with Crippen molar-refractivity contribution in [3.05, 3.63) is 56.3 Å². The predicted molar refractivity (Wildman–Crippen MR) is 226 cm³/mol. The Morgan fingerprint density at radius 1 is 0.723 bits per heavy atom. The van der Waals surface area contributed by atoms with Gasteiger partial charge in [0.15, 0.2) is 33.3 Å². The number of anilines is 2. The highest BCUT2D eigenvalue weighted by molar-refractivity contribution is 8.00. The number of β-lactam (4-membered cyclic amide) rings is 2. The topological polar surface area (TPSA) is 360 Å². The normalized spacial score (nSPS) is 20.7. The third kappa shape index (κ3) is 8.90. The van der Waals surface area contributed by atoms with Crippen LogP contribution in [0.3, 0.4) is 0 Å². The molecule has 0 aliphatic carbocycles. The number of carbonyl (C=O) groups is 6. The standard InChI is InChI=1S/C33H34N18O10S4/c1-12-40-46-48(42-12)5-14-7-62-28-20(38-24(52)18(44-58-3)16-9-64-32(34)36-16)26(54)50(28)22(14)30(56)60-11-61-31(57)23-15(6-49-43-13(2)41-47-49)8-63-29-21(27(55)51(23)29)39-25(53)19(45-59-4)17-10-65-33(35)37-17/h9-10,20-21,28-29H,5-8,11H2,1-4H3,(H2,34,36)(H2,35,37)(H,38,52)(H,39,53)/t20-,21-,28-,29-/m1/s1. The molecule has 4 aromatic heterocycles. The lowest BCUT2D eigenvalue weighted by atomic mass is 10.0. The Hall–Kier alpha value is -7.06. The summed E-state index contributed by atoms with van der Waals surface area (Å²) in [5.41, 5.74) is 11.6. The summed E-state index contributed by atoms with van der Waals surface area (Å²) in [4.78, 5) is 105. The Kier molecular flexibility index (Phi) is 12.7. The molecule has 0 spiro atoms. The number of nitrogen functional groups attached to an aromatic ring is 2. The van der Waals surface area contributed by atoms with Crippen molar-refractivity contribution in [1.82, 2.24) is 70.8 Å². The number of ether oxygens (including phenoxy) is 2. The molecule has 4 aliphatic heterocycles. The third-order valence-corrected chi connectivity index (χ3v) is 13.6. The zero-order chi connectivity index (χ0) is 46.1. The highest BCUT2D eigenvalue weighted by Crippen LogP contribution is 2.42. The van der Waals surface area contributed by atoms with E-state index in [0.717, 1.165) is 32.5 Å². The van der Waals surface area contributed by atoms with Gasteiger partial charge in [-0.3, -0.25) is 29.0 Å². The minimum absolute atomic E-state index is 0.0714. The number of esters is 2. The van der Waals surface area contributed by atoms with Gasteiger partial charge in [0.25, 0.3) is 23.6 Å². The fraction of sp³-hybridized carbons (Fsp3) is 0.394. The van der Waals surface area contributed by atoms with Crippen LogP contribution >= 0.6 is 46.2 Å². The van der Waals surface area contributed by atoms with E-state index in [1.54, 1.807) is 13.8 Å². The van der Waals surface area contributed by atoms with Crippen LogP contribution in [0.5, 0.6) is 0 Å². The maximum atomic E-state index is 14.0. The van der Waals surface area contributed by atoms with E-state index in [1.807, 2.05) is 0 Å². The number of fused-ring (bicyclic) bond motifs is 2. The molecule has 32 heteroatoms. The molecule has 340 valence electrons. The molecule has 28 nitrogen and oxygen atoms in total. The monoisotopic (exact) mass is 970 g/mol. The first-order valence-electron chi connectivity index (χ1n) is 18.7. The maximum absolute atomic E-state index is 14.0. The largest absolute Gasteiger partial charge is 0.423 e. The van der Waals surface area contributed by atoms with Crippen molar-refractivity contribution in [1.29, 1.82) is 0 Å². The van der Waals surface area contributed by atoms with Crippen molar-refractivity contribution in [2.75, 3.05) is 44.0 Å². The van der Waals surface area contributed by atoms with Crippen LogP contribution < -0.4 is 22.1 Å². The molecule has 4 aromatic rings. The molecule has 2 saturated heterocycles. The number of aryl methyl sites for hydroxylation is 2. The van der Waals surface area contributed by atoms with Crippen molar-refractivity contribution in [3.8, 4) is 0 Å². The molecule has 6 N–H and O–H groups in total. The number of thiazole rings is 2. The highest BCUT2D eigenvalue weighted by atomic mass is 32.2. The summed E-state index contributed by atoms with van der Waals surface area (Å²) >= 11 is 4.64. The molecule has 4 amide bonds. The van der Waals surface area contributed by atoms with Crippen LogP contribution in [-0.2, 0) is 61.0 Å². The zero-order valence-corrected chi connectivity index (χ0v) is 37.4. The van der Waals surface area contributed by atoms with E-state index in [9.17, 15) is 28.8 Å². The SMILES string of the molecule is CON=C(C(=O)N[C@@H]1C(=O)N2C(C(=O)OCOC(=O)C3=C(Cn4nnc(C)n4)CS[C@@H]4[C@H](NC(=O)C(=NOC)c5csc(N)n5)C(=O)N34)=C(Cn3nnc(C)n3)CS[C@H]12)c1csc(N)n1. The molecule has 0 aromatic carbocycles. The number of hydrogen-bond acceptors (Lipinski definition) is 26. The Balaban J connectivity index is 0.986. The Morgan fingerprint density at radius 3 is 1.48 bits per heavy atom. The Bertz CT molecular complexity index is 2540. The summed E-state index contributed by atoms with van der Waals surface area (Å²) in [6.07, 6.45) is 0. The lowest BCUT2D eigenvalue weighted by Gasteiger charge is -2.49. The average Bonchev–Trinajstić information content (AvgIpc) is 4.11. The van der Waals surface area contributed by atoms with Crippen LogP contribution in [0.15, 0.2) is 43.6 Å². The summed E-state index contributed by atoms with van der Waals surface area (Å²) in [5.74, 6) is -3.98. The molecule has 65 heavy (non-hydrogen) atoms. The predicted octanol–water partition coefficient (Wildman–Crippen LogP) is -2.49. The Morgan fingerprint density at radius 2 is 1.14 bits per heavy atom. The minimum Gasteiger partial charge on any atom is -0.423 e. The van der Waals surface area contributed by atoms with Crippen molar-refractivity contribution in [2.24, 2.45) is 10.3 Å². The smallest absolute Gasteiger partial charge is 0.358 e. The molecular formula is C33H34N18O10S4. The van der Waals surface area contributed by atoms with E-state index >= 15 is 0 Å². The van der Waals surface area contributed by atoms with Gasteiger partial charge in [0, 0.05) is 22.3 Å². The van der Waals surface area contributed by atoms with Crippen molar-refractivity contribution in [2.45, 2.75) is 49.8 Å². The van der Waals surface area contributed by atoms with E-state index in [0.29, 0.717) is 22.8 Å². The molecule has 0 bridgehead atoms. The van der Waals surface area contributed by atoms with Crippen LogP contribution in [0.25, 0.3) is 0 Å². The van der Waals surface area contributed by atoms with Crippen LogP contribution in [0.2, 0.25) is 0 Å². The number of nitrogens with one attached hydrogen (secondary N) is 2. The molecule has 0 saturated carbocycles. The third-order valence-electron chi connectivity index (χ3n) is 9.53. The lowest BCUT2D eigenvalue weighted by molar-refractivity contribution is -0.168. The molecule has 0 unspecified atom stereocenters. The van der Waals surface area contributed by atoms with Gasteiger partial charge < -0.3 is 41.2 Å². The van der Waals surface area contributed by atoms with Gasteiger partial charge in [-0.2, -0.15) is 9.59 Å². The number of carbonyl (C=O) groups excluding carboxylic acids is 6. The van der Waals surface area contributed by atoms with E-state index in [2.05, 4.69) is 61.7 Å². The number of rotatable bonds is 16. The van der Waals surface area contributed by atoms with Crippen molar-refractivity contribution in [3.63, 3.8) is 0 Å². The number of hydrogen-bond donors (Lipinski definition) is 4. The lowest BCUT2D eigenvalue weighted by Crippen LogP contribution is -2.71. The number of aromatic nitrogens is 10. The number of thioether (sulfide) groups is 2. The molecule has 2 fully saturated rings. The van der Waals surface area contributed by atoms with Gasteiger partial charge in [-0.05, 0) is 35.4 Å². The van der Waals surface area contributed by atoms with E-state index < -0.39 is 65.2 Å². The quantitative estimate of drug-likeness (QED) is 0.0297. The van der Waals surface area contributed by atoms with Crippen LogP contribution in [0, 0.1) is 13.8 Å². The summed E-state index contributed by atoms with van der Waals surface area (Å²) in [7, 11) is 2.48. The van der Waals surface area contributed by atoms with Gasteiger partial charge in [-0.15, -0.1) is 66.6 Å². The first-order valence-corrected chi connectivity index (χ1v) is 22.5. The van der Waals surface area contributed by atoms with Crippen molar-refractivity contribution >= 4 is 103 Å². The van der Waals surface area contributed by atoms with Crippen LogP contribution in [0.1, 0.15) is 23.0 Å². The second-order valence-corrected chi connectivity index (χ2v) is 17.7. The molecule has 0 radical (unpaired) electrons. The molecular weight excluding hydrogens is 937 g/mol. The number of oxime groups is 2. The first-order chi connectivity index (χ1) is 31.3. The number of nitrogens with zero attached hydrogens (tertiary/aromatic N) is 14. The van der Waals surface area contributed by atoms with E-state index in [4.69, 9.17) is 30.6 Å². The second kappa shape index (κ2) is 18.6. The highest BCUT2D eigenvalue weighted by Gasteiger charge is 2.56. The van der Waals surface area contributed by atoms with Crippen LogP contribution in [-0.4, -0.2) is 163 Å². The summed E-state index contributed by atoms with van der Waals surface area (Å²) in [5, 5.41) is 38.7. The van der Waals surface area contributed by atoms with Gasteiger partial charge in [0.1, 0.15) is 59.8 Å². The average molecular weight is 971 g/mol. The molecule has 4 aliphatic rings. The van der Waals surface area contributed by atoms with E-state index in [1.165, 1.54) is 58.1 Å². The molecule has 8 heterocycles. The van der Waals surface area contributed by atoms with E-state index in [-0.39, 0.29) is 69.1 Å². The minimum atomic E-state index is -1.11. The van der Waals surface area contributed by atoms with Crippen molar-refractivity contribution < 1.29 is 47.9 Å². The second-order valence-electron chi connectivity index (χ2n) is 13.7. The summed E-state index contributed by atoms with van der Waals surface area (Å²) in [6.45, 7) is 2.14.